The quantitative estimate of drug-likeness (QED) is 0.504. The zero-order chi connectivity index (χ0) is 10.0. The van der Waals surface area contributed by atoms with Crippen LogP contribution in [-0.2, 0) is 9.59 Å². The van der Waals surface area contributed by atoms with Crippen LogP contribution in [0.4, 0.5) is 0 Å². The molecule has 1 amide bonds. The minimum absolute atomic E-state index is 0.240. The number of amides is 1. The van der Waals surface area contributed by atoms with E-state index in [9.17, 15) is 9.59 Å². The standard InChI is InChI=1S/C10H13NO2/c1-4-6(3)8-7(5-2)11-10(13)9(8)12/h4-5,7-8H,2H2,1,3H3,(H,11,13)/b6-4-. The fraction of sp³-hybridized carbons (Fsp3) is 0.400. The van der Waals surface area contributed by atoms with Crippen molar-refractivity contribution in [1.29, 1.82) is 0 Å². The highest BCUT2D eigenvalue weighted by atomic mass is 16.2. The van der Waals surface area contributed by atoms with Gasteiger partial charge in [0.05, 0.1) is 12.0 Å². The lowest BCUT2D eigenvalue weighted by molar-refractivity contribution is -0.136. The largest absolute Gasteiger partial charge is 0.342 e. The molecule has 1 aliphatic heterocycles. The Morgan fingerprint density at radius 2 is 2.15 bits per heavy atom. The molecule has 1 aliphatic rings. The van der Waals surface area contributed by atoms with Gasteiger partial charge in [-0.25, -0.2) is 0 Å². The molecule has 2 unspecified atom stereocenters. The average molecular weight is 179 g/mol. The van der Waals surface area contributed by atoms with Gasteiger partial charge in [0, 0.05) is 0 Å². The first-order valence-electron chi connectivity index (χ1n) is 4.22. The Morgan fingerprint density at radius 1 is 1.54 bits per heavy atom. The van der Waals surface area contributed by atoms with Gasteiger partial charge in [-0.2, -0.15) is 0 Å². The Balaban J connectivity index is 2.99. The Kier molecular flexibility index (Phi) is 2.66. The molecule has 1 heterocycles. The second-order valence-corrected chi connectivity index (χ2v) is 3.11. The number of hydrogen-bond donors (Lipinski definition) is 1. The molecule has 1 saturated heterocycles. The van der Waals surface area contributed by atoms with Crippen molar-refractivity contribution in [2.45, 2.75) is 19.9 Å². The normalized spacial score (nSPS) is 28.9. The lowest BCUT2D eigenvalue weighted by Crippen LogP contribution is -2.26. The van der Waals surface area contributed by atoms with E-state index >= 15 is 0 Å². The summed E-state index contributed by atoms with van der Waals surface area (Å²) in [7, 11) is 0. The third-order valence-corrected chi connectivity index (χ3v) is 2.36. The Bertz CT molecular complexity index is 291. The van der Waals surface area contributed by atoms with E-state index in [1.807, 2.05) is 19.9 Å². The van der Waals surface area contributed by atoms with Crippen LogP contribution in [0.2, 0.25) is 0 Å². The molecule has 1 rings (SSSR count). The lowest BCUT2D eigenvalue weighted by Gasteiger charge is -2.13. The summed E-state index contributed by atoms with van der Waals surface area (Å²) in [6.07, 6.45) is 3.44. The van der Waals surface area contributed by atoms with Crippen molar-refractivity contribution in [1.82, 2.24) is 5.32 Å². The van der Waals surface area contributed by atoms with Gasteiger partial charge in [-0.15, -0.1) is 6.58 Å². The van der Waals surface area contributed by atoms with E-state index in [0.29, 0.717) is 0 Å². The summed E-state index contributed by atoms with van der Waals surface area (Å²) in [6, 6.07) is -0.240. The van der Waals surface area contributed by atoms with Crippen molar-refractivity contribution in [3.8, 4) is 0 Å². The maximum absolute atomic E-state index is 11.4. The van der Waals surface area contributed by atoms with Gasteiger partial charge in [-0.3, -0.25) is 9.59 Å². The Morgan fingerprint density at radius 3 is 2.62 bits per heavy atom. The number of carbonyl (C=O) groups excluding carboxylic acids is 2. The van der Waals surface area contributed by atoms with Gasteiger partial charge >= 0.3 is 0 Å². The SMILES string of the molecule is C=CC1NC(=O)C(=O)C1/C(C)=C\C. The fourth-order valence-corrected chi connectivity index (χ4v) is 1.47. The van der Waals surface area contributed by atoms with E-state index in [1.54, 1.807) is 6.08 Å². The van der Waals surface area contributed by atoms with Crippen LogP contribution in [0.3, 0.4) is 0 Å². The van der Waals surface area contributed by atoms with Gasteiger partial charge < -0.3 is 5.32 Å². The highest BCUT2D eigenvalue weighted by Gasteiger charge is 2.39. The summed E-state index contributed by atoms with van der Waals surface area (Å²) < 4.78 is 0. The Labute approximate surface area is 77.5 Å². The van der Waals surface area contributed by atoms with Gasteiger partial charge in [0.1, 0.15) is 0 Å². The number of Topliss-reactive ketones (excluding diaryl/α,β-unsaturated/α-hetero) is 1. The highest BCUT2D eigenvalue weighted by molar-refractivity contribution is 6.40. The van der Waals surface area contributed by atoms with Crippen LogP contribution in [-0.4, -0.2) is 17.7 Å². The molecule has 0 radical (unpaired) electrons. The number of nitrogens with one attached hydrogen (secondary N) is 1. The molecule has 0 aromatic carbocycles. The minimum Gasteiger partial charge on any atom is -0.342 e. The van der Waals surface area contributed by atoms with E-state index in [4.69, 9.17) is 0 Å². The van der Waals surface area contributed by atoms with Crippen molar-refractivity contribution in [2.75, 3.05) is 0 Å². The predicted molar refractivity (Wildman–Crippen MR) is 50.1 cm³/mol. The maximum atomic E-state index is 11.4. The third kappa shape index (κ3) is 1.54. The van der Waals surface area contributed by atoms with Gasteiger partial charge in [-0.05, 0) is 13.8 Å². The topological polar surface area (TPSA) is 46.2 Å². The number of allylic oxidation sites excluding steroid dienone is 1. The van der Waals surface area contributed by atoms with Gasteiger partial charge in [0.25, 0.3) is 5.91 Å². The summed E-state index contributed by atoms with van der Waals surface area (Å²) in [5.74, 6) is -1.22. The maximum Gasteiger partial charge on any atom is 0.288 e. The molecule has 3 nitrogen and oxygen atoms in total. The lowest BCUT2D eigenvalue weighted by atomic mass is 9.91. The molecule has 3 heteroatoms. The molecule has 70 valence electrons. The van der Waals surface area contributed by atoms with E-state index < -0.39 is 5.91 Å². The van der Waals surface area contributed by atoms with Crippen LogP contribution in [0, 0.1) is 5.92 Å². The molecule has 0 saturated carbocycles. The molecule has 0 bridgehead atoms. The summed E-state index contributed by atoms with van der Waals surface area (Å²) in [5.41, 5.74) is 0.910. The van der Waals surface area contributed by atoms with Crippen molar-refractivity contribution in [3.05, 3.63) is 24.3 Å². The zero-order valence-corrected chi connectivity index (χ0v) is 7.83. The van der Waals surface area contributed by atoms with Crippen LogP contribution in [0.1, 0.15) is 13.8 Å². The number of ketones is 1. The van der Waals surface area contributed by atoms with Crippen LogP contribution < -0.4 is 5.32 Å². The summed E-state index contributed by atoms with van der Waals surface area (Å²) in [6.45, 7) is 7.28. The first-order valence-corrected chi connectivity index (χ1v) is 4.22. The predicted octanol–water partition coefficient (Wildman–Crippen LogP) is 0.822. The van der Waals surface area contributed by atoms with Crippen molar-refractivity contribution in [3.63, 3.8) is 0 Å². The molecule has 2 atom stereocenters. The van der Waals surface area contributed by atoms with Crippen molar-refractivity contribution < 1.29 is 9.59 Å². The van der Waals surface area contributed by atoms with Gasteiger partial charge in [-0.1, -0.05) is 17.7 Å². The second kappa shape index (κ2) is 3.56. The van der Waals surface area contributed by atoms with Crippen molar-refractivity contribution >= 4 is 11.7 Å². The molecule has 13 heavy (non-hydrogen) atoms. The van der Waals surface area contributed by atoms with Crippen molar-refractivity contribution in [2.24, 2.45) is 5.92 Å². The van der Waals surface area contributed by atoms with Crippen LogP contribution in [0.5, 0.6) is 0 Å². The van der Waals surface area contributed by atoms with Gasteiger partial charge in [0.2, 0.25) is 5.78 Å². The molecular formula is C10H13NO2. The molecule has 0 aliphatic carbocycles. The minimum atomic E-state index is -0.504. The summed E-state index contributed by atoms with van der Waals surface area (Å²) in [4.78, 5) is 22.4. The van der Waals surface area contributed by atoms with Crippen LogP contribution in [0.15, 0.2) is 24.3 Å². The number of carbonyl (C=O) groups is 2. The smallest absolute Gasteiger partial charge is 0.288 e. The van der Waals surface area contributed by atoms with E-state index in [2.05, 4.69) is 11.9 Å². The summed E-state index contributed by atoms with van der Waals surface area (Å²) >= 11 is 0. The number of hydrogen-bond acceptors (Lipinski definition) is 2. The molecule has 1 fully saturated rings. The molecule has 0 aromatic heterocycles. The first kappa shape index (κ1) is 9.71. The Hall–Kier alpha value is -1.38. The van der Waals surface area contributed by atoms with Gasteiger partial charge in [0.15, 0.2) is 0 Å². The second-order valence-electron chi connectivity index (χ2n) is 3.11. The highest BCUT2D eigenvalue weighted by Crippen LogP contribution is 2.22. The average Bonchev–Trinajstić information content (AvgIpc) is 2.42. The van der Waals surface area contributed by atoms with E-state index in [-0.39, 0.29) is 17.7 Å². The monoisotopic (exact) mass is 179 g/mol. The fourth-order valence-electron chi connectivity index (χ4n) is 1.47. The third-order valence-electron chi connectivity index (χ3n) is 2.36. The molecule has 1 N–H and O–H groups in total. The molecule has 0 spiro atoms. The molecule has 0 aromatic rings. The van der Waals surface area contributed by atoms with Crippen LogP contribution in [0.25, 0.3) is 0 Å². The first-order chi connectivity index (χ1) is 6.11. The zero-order valence-electron chi connectivity index (χ0n) is 7.83. The summed E-state index contributed by atoms with van der Waals surface area (Å²) in [5, 5.41) is 2.57. The number of rotatable bonds is 2. The van der Waals surface area contributed by atoms with E-state index in [1.165, 1.54) is 0 Å². The van der Waals surface area contributed by atoms with Crippen LogP contribution >= 0.6 is 0 Å². The molecular weight excluding hydrogens is 166 g/mol. The van der Waals surface area contributed by atoms with E-state index in [0.717, 1.165) is 5.57 Å².